The highest BCUT2D eigenvalue weighted by Gasteiger charge is 2.49. The van der Waals surface area contributed by atoms with E-state index in [2.05, 4.69) is 10.6 Å². The van der Waals surface area contributed by atoms with E-state index in [1.54, 1.807) is 13.8 Å². The Morgan fingerprint density at radius 3 is 1.84 bits per heavy atom. The molecule has 0 radical (unpaired) electrons. The lowest BCUT2D eigenvalue weighted by molar-refractivity contribution is -0.177. The predicted octanol–water partition coefficient (Wildman–Crippen LogP) is 4.24. The molecule has 3 aromatic rings. The number of halogens is 4. The van der Waals surface area contributed by atoms with Crippen LogP contribution >= 0.6 is 11.6 Å². The summed E-state index contributed by atoms with van der Waals surface area (Å²) in [6.45, 7) is 4.47. The van der Waals surface area contributed by atoms with E-state index in [1.807, 2.05) is 29.0 Å². The van der Waals surface area contributed by atoms with Crippen LogP contribution in [0.2, 0.25) is 5.02 Å². The lowest BCUT2D eigenvalue weighted by atomic mass is 9.98. The zero-order chi connectivity index (χ0) is 37.9. The van der Waals surface area contributed by atoms with Crippen molar-refractivity contribution in [3.8, 4) is 0 Å². The Hall–Kier alpha value is -4.76. The molecule has 4 rings (SSSR count). The quantitative estimate of drug-likeness (QED) is 0.250. The Balaban J connectivity index is 1.51. The number of carbonyl (C=O) groups is 5. The number of sulfonamides is 1. The molecule has 272 valence electrons. The van der Waals surface area contributed by atoms with Gasteiger partial charge in [0.15, 0.2) is 0 Å². The summed E-state index contributed by atoms with van der Waals surface area (Å²) in [5, 5.41) is 5.07. The zero-order valence-electron chi connectivity index (χ0n) is 28.0. The van der Waals surface area contributed by atoms with Gasteiger partial charge in [0.05, 0.1) is 11.4 Å². The molecular formula is C35H36ClF3N4O7S. The van der Waals surface area contributed by atoms with Gasteiger partial charge in [-0.15, -0.1) is 0 Å². The molecule has 0 fully saturated rings. The van der Waals surface area contributed by atoms with Gasteiger partial charge in [-0.25, -0.2) is 13.1 Å². The van der Waals surface area contributed by atoms with Gasteiger partial charge in [-0.3, -0.25) is 24.0 Å². The van der Waals surface area contributed by atoms with Crippen LogP contribution in [-0.2, 0) is 37.2 Å². The highest BCUT2D eigenvalue weighted by Crippen LogP contribution is 2.27. The summed E-state index contributed by atoms with van der Waals surface area (Å²) < 4.78 is 66.7. The van der Waals surface area contributed by atoms with E-state index < -0.39 is 75.7 Å². The van der Waals surface area contributed by atoms with Crippen molar-refractivity contribution in [3.63, 3.8) is 0 Å². The molecule has 51 heavy (non-hydrogen) atoms. The van der Waals surface area contributed by atoms with E-state index in [-0.39, 0.29) is 16.0 Å². The molecule has 0 aromatic heterocycles. The fourth-order valence-corrected chi connectivity index (χ4v) is 6.74. The van der Waals surface area contributed by atoms with Crippen molar-refractivity contribution in [2.75, 3.05) is 6.54 Å². The van der Waals surface area contributed by atoms with Gasteiger partial charge in [0.25, 0.3) is 27.6 Å². The normalized spacial score (nSPS) is 14.0. The Morgan fingerprint density at radius 1 is 0.843 bits per heavy atom. The predicted molar refractivity (Wildman–Crippen MR) is 181 cm³/mol. The number of fused-ring (bicyclic) bond motifs is 1. The third-order valence-electron chi connectivity index (χ3n) is 8.32. The number of amides is 4. The van der Waals surface area contributed by atoms with E-state index in [9.17, 15) is 45.6 Å². The molecule has 1 unspecified atom stereocenters. The van der Waals surface area contributed by atoms with Crippen molar-refractivity contribution in [2.24, 2.45) is 5.92 Å². The van der Waals surface area contributed by atoms with Crippen molar-refractivity contribution in [1.82, 2.24) is 20.3 Å². The number of alkyl halides is 3. The van der Waals surface area contributed by atoms with Gasteiger partial charge in [0.1, 0.15) is 11.6 Å². The average molecular weight is 749 g/mol. The first-order valence-corrected chi connectivity index (χ1v) is 17.6. The third kappa shape index (κ3) is 9.52. The molecule has 16 heteroatoms. The Kier molecular flexibility index (Phi) is 11.7. The minimum absolute atomic E-state index is 0.0236. The first-order valence-electron chi connectivity index (χ1n) is 15.7. The van der Waals surface area contributed by atoms with Gasteiger partial charge in [0, 0.05) is 22.2 Å². The second-order valence-corrected chi connectivity index (χ2v) is 15.1. The smallest absolute Gasteiger partial charge is 0.342 e. The van der Waals surface area contributed by atoms with Crippen LogP contribution in [0.3, 0.4) is 0 Å². The number of rotatable bonds is 12. The molecule has 4 amide bonds. The van der Waals surface area contributed by atoms with Gasteiger partial charge < -0.3 is 15.5 Å². The lowest BCUT2D eigenvalue weighted by Gasteiger charge is -2.35. The fraction of sp³-hybridized carbons (Fsp3) is 0.343. The third-order valence-corrected chi connectivity index (χ3v) is 9.92. The van der Waals surface area contributed by atoms with Crippen molar-refractivity contribution in [3.05, 3.63) is 100 Å². The van der Waals surface area contributed by atoms with E-state index >= 15 is 0 Å². The van der Waals surface area contributed by atoms with Crippen LogP contribution < -0.4 is 15.4 Å². The fourth-order valence-electron chi connectivity index (χ4n) is 5.64. The number of nitrogens with one attached hydrogen (secondary N) is 3. The van der Waals surface area contributed by atoms with E-state index in [4.69, 9.17) is 11.6 Å². The minimum Gasteiger partial charge on any atom is -0.342 e. The Morgan fingerprint density at radius 2 is 1.35 bits per heavy atom. The monoisotopic (exact) mass is 748 g/mol. The second-order valence-electron chi connectivity index (χ2n) is 13.0. The zero-order valence-corrected chi connectivity index (χ0v) is 29.6. The summed E-state index contributed by atoms with van der Waals surface area (Å²) in [4.78, 5) is 66.4. The summed E-state index contributed by atoms with van der Waals surface area (Å²) in [6, 6.07) is 15.7. The van der Waals surface area contributed by atoms with Gasteiger partial charge in [-0.2, -0.15) is 13.2 Å². The summed E-state index contributed by atoms with van der Waals surface area (Å²) in [7, 11) is -4.22. The molecule has 1 atom stereocenters. The van der Waals surface area contributed by atoms with E-state index in [0.29, 0.717) is 17.9 Å². The van der Waals surface area contributed by atoms with Crippen molar-refractivity contribution < 1.29 is 45.6 Å². The van der Waals surface area contributed by atoms with Gasteiger partial charge in [0.2, 0.25) is 11.8 Å². The number of Topliss-reactive ketones (excluding diaryl/α,β-unsaturated/α-hetero) is 1. The molecular weight excluding hydrogens is 713 g/mol. The first kappa shape index (κ1) is 39.0. The van der Waals surface area contributed by atoms with Crippen LogP contribution in [0.5, 0.6) is 0 Å². The van der Waals surface area contributed by atoms with Crippen molar-refractivity contribution in [1.29, 1.82) is 0 Å². The maximum Gasteiger partial charge on any atom is 0.452 e. The van der Waals surface area contributed by atoms with E-state index in [0.717, 1.165) is 25.0 Å². The highest BCUT2D eigenvalue weighted by molar-refractivity contribution is 7.90. The number of carbonyl (C=O) groups excluding carboxylic acids is 5. The first-order chi connectivity index (χ1) is 23.7. The van der Waals surface area contributed by atoms with Crippen LogP contribution in [0, 0.1) is 5.92 Å². The summed E-state index contributed by atoms with van der Waals surface area (Å²) >= 11 is 5.80. The number of benzene rings is 3. The molecule has 0 bridgehead atoms. The maximum absolute atomic E-state index is 14.2. The van der Waals surface area contributed by atoms with Crippen LogP contribution in [-0.4, -0.2) is 73.1 Å². The van der Waals surface area contributed by atoms with Gasteiger partial charge in [-0.1, -0.05) is 49.7 Å². The molecule has 3 aromatic carbocycles. The molecule has 0 saturated heterocycles. The SMILES string of the molecule is CC(C)C(NC(=O)c1ccc(C(=O)NS(=O)(=O)c2ccc(Cl)cc2)cc1)C(=O)N(CC(=O)NC(C)(C)C(=O)C(F)(F)F)C1Cc2ccccc2C1. The van der Waals surface area contributed by atoms with Crippen LogP contribution in [0.4, 0.5) is 13.2 Å². The standard InChI is InChI=1S/C35H36ClF3N4O7S/c1-20(2)29(40-30(45)21-9-11-22(12-10-21)31(46)42-51(49,50)27-15-13-25(36)14-16-27)32(47)43(26-17-23-7-5-6-8-24(23)18-26)19-28(44)41-34(3,4)33(48)35(37,38)39/h5-16,20,26,29H,17-19H2,1-4H3,(H,40,45)(H,41,44)(H,42,46). The highest BCUT2D eigenvalue weighted by atomic mass is 35.5. The molecule has 0 aliphatic heterocycles. The topological polar surface area (TPSA) is 159 Å². The molecule has 1 aliphatic carbocycles. The number of nitrogens with zero attached hydrogens (tertiary/aromatic N) is 1. The molecule has 0 heterocycles. The summed E-state index contributed by atoms with van der Waals surface area (Å²) in [5.41, 5.74) is -0.523. The number of ketones is 1. The summed E-state index contributed by atoms with van der Waals surface area (Å²) in [5.74, 6) is -6.04. The molecule has 3 N–H and O–H groups in total. The lowest BCUT2D eigenvalue weighted by Crippen LogP contribution is -2.60. The largest absolute Gasteiger partial charge is 0.452 e. The van der Waals surface area contributed by atoms with Crippen LogP contribution in [0.1, 0.15) is 59.5 Å². The molecule has 1 aliphatic rings. The van der Waals surface area contributed by atoms with Crippen LogP contribution in [0.25, 0.3) is 0 Å². The van der Waals surface area contributed by atoms with E-state index in [1.165, 1.54) is 53.4 Å². The van der Waals surface area contributed by atoms with Crippen LogP contribution in [0.15, 0.2) is 77.7 Å². The van der Waals surface area contributed by atoms with Crippen molar-refractivity contribution >= 4 is 51.0 Å². The summed E-state index contributed by atoms with van der Waals surface area (Å²) in [6.07, 6.45) is -4.52. The Bertz CT molecular complexity index is 1910. The minimum atomic E-state index is -5.20. The molecule has 0 spiro atoms. The second kappa shape index (κ2) is 15.2. The van der Waals surface area contributed by atoms with Gasteiger partial charge in [-0.05, 0) is 92.3 Å². The molecule has 11 nitrogen and oxygen atoms in total. The number of hydrogen-bond acceptors (Lipinski definition) is 7. The van der Waals surface area contributed by atoms with Crippen molar-refractivity contribution in [2.45, 2.75) is 69.2 Å². The number of hydrogen-bond donors (Lipinski definition) is 3. The molecule has 0 saturated carbocycles. The Labute approximate surface area is 298 Å². The maximum atomic E-state index is 14.2. The average Bonchev–Trinajstić information content (AvgIpc) is 3.48. The van der Waals surface area contributed by atoms with Gasteiger partial charge >= 0.3 is 6.18 Å².